The average molecular weight is 260 g/mol. The topological polar surface area (TPSA) is 29.1 Å². The van der Waals surface area contributed by atoms with Gasteiger partial charge in [-0.2, -0.15) is 0 Å². The SMILES string of the molecule is CCC(CBr)NC(=O)C1CC2CC2C1. The smallest absolute Gasteiger partial charge is 0.223 e. The Morgan fingerprint density at radius 3 is 2.57 bits per heavy atom. The minimum absolute atomic E-state index is 0.295. The first kappa shape index (κ1) is 10.5. The van der Waals surface area contributed by atoms with Gasteiger partial charge in [0, 0.05) is 17.3 Å². The number of halogens is 1. The van der Waals surface area contributed by atoms with Crippen LogP contribution in [-0.2, 0) is 4.79 Å². The Kier molecular flexibility index (Phi) is 3.15. The number of alkyl halides is 1. The monoisotopic (exact) mass is 259 g/mol. The summed E-state index contributed by atoms with van der Waals surface area (Å²) in [6, 6.07) is 0.319. The van der Waals surface area contributed by atoms with Crippen molar-refractivity contribution in [1.82, 2.24) is 5.32 Å². The van der Waals surface area contributed by atoms with Crippen molar-refractivity contribution in [3.63, 3.8) is 0 Å². The van der Waals surface area contributed by atoms with Gasteiger partial charge in [-0.3, -0.25) is 4.79 Å². The number of fused-ring (bicyclic) bond motifs is 1. The van der Waals surface area contributed by atoms with Gasteiger partial charge < -0.3 is 5.32 Å². The third-order valence-electron chi connectivity index (χ3n) is 3.64. The number of hydrogen-bond donors (Lipinski definition) is 1. The maximum atomic E-state index is 11.8. The number of rotatable bonds is 4. The molecule has 2 rings (SSSR count). The molecule has 0 spiro atoms. The van der Waals surface area contributed by atoms with Gasteiger partial charge in [-0.05, 0) is 37.5 Å². The normalized spacial score (nSPS) is 36.3. The first-order chi connectivity index (χ1) is 6.74. The van der Waals surface area contributed by atoms with Crippen molar-refractivity contribution in [3.05, 3.63) is 0 Å². The number of nitrogens with one attached hydrogen (secondary N) is 1. The molecule has 0 saturated heterocycles. The molecule has 80 valence electrons. The van der Waals surface area contributed by atoms with E-state index in [2.05, 4.69) is 28.2 Å². The van der Waals surface area contributed by atoms with Crippen LogP contribution in [0.2, 0.25) is 0 Å². The summed E-state index contributed by atoms with van der Waals surface area (Å²) in [7, 11) is 0. The summed E-state index contributed by atoms with van der Waals surface area (Å²) in [6.45, 7) is 2.11. The molecule has 0 radical (unpaired) electrons. The quantitative estimate of drug-likeness (QED) is 0.772. The van der Waals surface area contributed by atoms with Crippen LogP contribution in [0.15, 0.2) is 0 Å². The molecule has 2 saturated carbocycles. The zero-order valence-electron chi connectivity index (χ0n) is 8.63. The van der Waals surface area contributed by atoms with E-state index < -0.39 is 0 Å². The van der Waals surface area contributed by atoms with Gasteiger partial charge in [-0.15, -0.1) is 0 Å². The summed E-state index contributed by atoms with van der Waals surface area (Å²) >= 11 is 3.42. The molecule has 1 N–H and O–H groups in total. The van der Waals surface area contributed by atoms with E-state index in [9.17, 15) is 4.79 Å². The van der Waals surface area contributed by atoms with Gasteiger partial charge >= 0.3 is 0 Å². The predicted molar refractivity (Wildman–Crippen MR) is 60.3 cm³/mol. The van der Waals surface area contributed by atoms with Crippen molar-refractivity contribution in [2.45, 2.75) is 38.6 Å². The van der Waals surface area contributed by atoms with E-state index in [0.29, 0.717) is 17.9 Å². The molecule has 0 aliphatic heterocycles. The summed E-state index contributed by atoms with van der Waals surface area (Å²) < 4.78 is 0. The minimum atomic E-state index is 0.295. The molecule has 2 fully saturated rings. The zero-order chi connectivity index (χ0) is 10.1. The highest BCUT2D eigenvalue weighted by Gasteiger charge is 2.48. The Bertz CT molecular complexity index is 217. The molecule has 3 atom stereocenters. The third-order valence-corrected chi connectivity index (χ3v) is 4.42. The summed E-state index contributed by atoms with van der Waals surface area (Å²) in [5, 5.41) is 3.98. The molecular weight excluding hydrogens is 242 g/mol. The molecule has 0 bridgehead atoms. The Morgan fingerprint density at radius 1 is 1.43 bits per heavy atom. The summed E-state index contributed by atoms with van der Waals surface area (Å²) in [5.41, 5.74) is 0. The van der Waals surface area contributed by atoms with Crippen LogP contribution >= 0.6 is 15.9 Å². The van der Waals surface area contributed by atoms with Crippen molar-refractivity contribution in [3.8, 4) is 0 Å². The van der Waals surface area contributed by atoms with Crippen LogP contribution in [0.3, 0.4) is 0 Å². The fourth-order valence-electron chi connectivity index (χ4n) is 2.50. The molecule has 0 aromatic rings. The van der Waals surface area contributed by atoms with E-state index in [4.69, 9.17) is 0 Å². The lowest BCUT2D eigenvalue weighted by atomic mass is 10.0. The van der Waals surface area contributed by atoms with Gasteiger partial charge in [-0.1, -0.05) is 22.9 Å². The van der Waals surface area contributed by atoms with Crippen molar-refractivity contribution in [2.75, 3.05) is 5.33 Å². The Hall–Kier alpha value is -0.0500. The van der Waals surface area contributed by atoms with E-state index >= 15 is 0 Å². The van der Waals surface area contributed by atoms with Crippen molar-refractivity contribution >= 4 is 21.8 Å². The van der Waals surface area contributed by atoms with Crippen molar-refractivity contribution in [1.29, 1.82) is 0 Å². The molecule has 2 nitrogen and oxygen atoms in total. The second-order valence-electron chi connectivity index (χ2n) is 4.69. The Morgan fingerprint density at radius 2 is 2.07 bits per heavy atom. The van der Waals surface area contributed by atoms with E-state index in [1.54, 1.807) is 0 Å². The minimum Gasteiger partial charge on any atom is -0.352 e. The van der Waals surface area contributed by atoms with Crippen LogP contribution in [0.5, 0.6) is 0 Å². The molecular formula is C11H18BrNO. The Labute approximate surface area is 94.0 Å². The third kappa shape index (κ3) is 2.13. The fraction of sp³-hybridized carbons (Fsp3) is 0.909. The van der Waals surface area contributed by atoms with E-state index in [1.807, 2.05) is 0 Å². The van der Waals surface area contributed by atoms with Gasteiger partial charge in [0.25, 0.3) is 0 Å². The number of hydrogen-bond acceptors (Lipinski definition) is 1. The van der Waals surface area contributed by atoms with Gasteiger partial charge in [0.1, 0.15) is 0 Å². The first-order valence-electron chi connectivity index (χ1n) is 5.61. The highest BCUT2D eigenvalue weighted by Crippen LogP contribution is 2.54. The van der Waals surface area contributed by atoms with E-state index in [-0.39, 0.29) is 0 Å². The largest absolute Gasteiger partial charge is 0.352 e. The number of amides is 1. The van der Waals surface area contributed by atoms with Crippen LogP contribution in [0, 0.1) is 17.8 Å². The van der Waals surface area contributed by atoms with Crippen LogP contribution in [0.4, 0.5) is 0 Å². The molecule has 14 heavy (non-hydrogen) atoms. The number of carbonyl (C=O) groups is 1. The molecule has 0 aromatic heterocycles. The molecule has 1 amide bonds. The van der Waals surface area contributed by atoms with Gasteiger partial charge in [0.05, 0.1) is 0 Å². The highest BCUT2D eigenvalue weighted by atomic mass is 79.9. The fourth-order valence-corrected chi connectivity index (χ4v) is 3.12. The lowest BCUT2D eigenvalue weighted by Crippen LogP contribution is -2.39. The van der Waals surface area contributed by atoms with E-state index in [0.717, 1.165) is 36.4 Å². The number of carbonyl (C=O) groups excluding carboxylic acids is 1. The maximum absolute atomic E-state index is 11.8. The molecule has 0 aromatic carbocycles. The van der Waals surface area contributed by atoms with Crippen LogP contribution in [-0.4, -0.2) is 17.3 Å². The second kappa shape index (κ2) is 4.21. The summed E-state index contributed by atoms with van der Waals surface area (Å²) in [4.78, 5) is 11.8. The van der Waals surface area contributed by atoms with Crippen LogP contribution in [0.1, 0.15) is 32.6 Å². The molecule has 2 aliphatic rings. The maximum Gasteiger partial charge on any atom is 0.223 e. The second-order valence-corrected chi connectivity index (χ2v) is 5.34. The molecule has 2 aliphatic carbocycles. The van der Waals surface area contributed by atoms with Crippen LogP contribution in [0.25, 0.3) is 0 Å². The predicted octanol–water partition coefficient (Wildman–Crippen LogP) is 2.32. The zero-order valence-corrected chi connectivity index (χ0v) is 10.2. The van der Waals surface area contributed by atoms with Crippen molar-refractivity contribution < 1.29 is 4.79 Å². The molecule has 3 unspecified atom stereocenters. The standard InChI is InChI=1S/C11H18BrNO/c1-2-10(6-12)13-11(14)9-4-7-3-8(7)5-9/h7-10H,2-6H2,1H3,(H,13,14). The highest BCUT2D eigenvalue weighted by molar-refractivity contribution is 9.09. The van der Waals surface area contributed by atoms with E-state index in [1.165, 1.54) is 6.42 Å². The molecule has 3 heteroatoms. The summed E-state index contributed by atoms with van der Waals surface area (Å²) in [5.74, 6) is 2.42. The van der Waals surface area contributed by atoms with Gasteiger partial charge in [0.2, 0.25) is 5.91 Å². The average Bonchev–Trinajstić information content (AvgIpc) is 2.82. The first-order valence-corrected chi connectivity index (χ1v) is 6.73. The summed E-state index contributed by atoms with van der Waals surface area (Å²) in [6.07, 6.45) is 4.69. The molecule has 0 heterocycles. The van der Waals surface area contributed by atoms with Crippen molar-refractivity contribution in [2.24, 2.45) is 17.8 Å². The lowest BCUT2D eigenvalue weighted by molar-refractivity contribution is -0.125. The lowest BCUT2D eigenvalue weighted by Gasteiger charge is -2.18. The Balaban J connectivity index is 1.77. The van der Waals surface area contributed by atoms with Crippen LogP contribution < -0.4 is 5.32 Å². The van der Waals surface area contributed by atoms with Gasteiger partial charge in [0.15, 0.2) is 0 Å². The van der Waals surface area contributed by atoms with Gasteiger partial charge in [-0.25, -0.2) is 0 Å².